The summed E-state index contributed by atoms with van der Waals surface area (Å²) in [5.41, 5.74) is 0.0155. The Morgan fingerprint density at radius 2 is 2.12 bits per heavy atom. The first-order valence-corrected chi connectivity index (χ1v) is 11.2. The summed E-state index contributed by atoms with van der Waals surface area (Å²) in [6.07, 6.45) is 4.50. The molecule has 1 aromatic rings. The molecule has 1 spiro atoms. The van der Waals surface area contributed by atoms with Crippen LogP contribution in [-0.2, 0) is 23.1 Å². The molecule has 3 atom stereocenters. The van der Waals surface area contributed by atoms with Crippen LogP contribution in [0.2, 0.25) is 0 Å². The van der Waals surface area contributed by atoms with Gasteiger partial charge in [0.15, 0.2) is 0 Å². The molecule has 0 bridgehead atoms. The normalized spacial score (nSPS) is 32.7. The average molecular weight is 492 g/mol. The summed E-state index contributed by atoms with van der Waals surface area (Å²) in [7, 11) is 1.78. The Balaban J connectivity index is 1.51. The minimum atomic E-state index is -1.05. The third-order valence-electron chi connectivity index (χ3n) is 6.19. The number of piperidine rings is 1. The van der Waals surface area contributed by atoms with E-state index in [1.54, 1.807) is 17.8 Å². The van der Waals surface area contributed by atoms with Crippen molar-refractivity contribution in [1.82, 2.24) is 14.3 Å². The van der Waals surface area contributed by atoms with Crippen molar-refractivity contribution in [1.29, 1.82) is 0 Å². The van der Waals surface area contributed by atoms with Gasteiger partial charge in [-0.15, -0.1) is 4.72 Å². The Kier molecular flexibility index (Phi) is 4.83. The maximum absolute atomic E-state index is 12.6. The van der Waals surface area contributed by atoms with Crippen molar-refractivity contribution in [2.45, 2.75) is 50.0 Å². The van der Waals surface area contributed by atoms with E-state index in [1.807, 2.05) is 36.4 Å². The molecule has 3 aliphatic heterocycles. The molecule has 1 aromatic heterocycles. The Morgan fingerprint density at radius 1 is 1.42 bits per heavy atom. The molecular formula is C17H25IN4O3S. The summed E-state index contributed by atoms with van der Waals surface area (Å²) in [4.78, 5) is 18.8. The van der Waals surface area contributed by atoms with E-state index in [1.165, 1.54) is 0 Å². The van der Waals surface area contributed by atoms with E-state index in [2.05, 4.69) is 14.6 Å². The number of aromatic nitrogens is 2. The van der Waals surface area contributed by atoms with Crippen molar-refractivity contribution in [3.8, 4) is 0 Å². The van der Waals surface area contributed by atoms with Gasteiger partial charge in [0.05, 0.1) is 22.3 Å². The Hall–Kier alpha value is -0.360. The monoisotopic (exact) mass is 492 g/mol. The smallest absolute Gasteiger partial charge is 0.268 e. The molecule has 9 heteroatoms. The van der Waals surface area contributed by atoms with E-state index in [-0.39, 0.29) is 27.9 Å². The fourth-order valence-corrected chi connectivity index (χ4v) is 6.24. The minimum absolute atomic E-state index is 0.00766. The van der Waals surface area contributed by atoms with Gasteiger partial charge in [0.25, 0.3) is 5.56 Å². The van der Waals surface area contributed by atoms with Crippen molar-refractivity contribution < 1.29 is 9.29 Å². The van der Waals surface area contributed by atoms with Gasteiger partial charge in [0.1, 0.15) is 4.75 Å². The van der Waals surface area contributed by atoms with Gasteiger partial charge in [0, 0.05) is 49.5 Å². The van der Waals surface area contributed by atoms with Gasteiger partial charge in [-0.25, -0.2) is 4.98 Å². The Bertz CT molecular complexity index is 763. The molecule has 144 valence electrons. The lowest BCUT2D eigenvalue weighted by atomic mass is 9.72. The number of hydrogen-bond donors (Lipinski definition) is 1. The van der Waals surface area contributed by atoms with E-state index in [0.29, 0.717) is 3.57 Å². The lowest BCUT2D eigenvalue weighted by molar-refractivity contribution is 0.0747. The SMILES string of the molecule is Cn1c(N2CCC3(CC2)CO[C@H]2CC(C)(C)[S@@+]([O-])N[C@H]23)ncc(I)c1=O. The van der Waals surface area contributed by atoms with Crippen molar-refractivity contribution >= 4 is 39.9 Å². The lowest BCUT2D eigenvalue weighted by Crippen LogP contribution is -2.62. The number of ether oxygens (including phenoxy) is 1. The molecule has 3 fully saturated rings. The first-order chi connectivity index (χ1) is 12.2. The molecule has 1 N–H and O–H groups in total. The molecule has 0 radical (unpaired) electrons. The first-order valence-electron chi connectivity index (χ1n) is 9.00. The first kappa shape index (κ1) is 19.0. The highest BCUT2D eigenvalue weighted by Gasteiger charge is 2.58. The van der Waals surface area contributed by atoms with Gasteiger partial charge in [-0.3, -0.25) is 9.36 Å². The van der Waals surface area contributed by atoms with Crippen LogP contribution in [0.3, 0.4) is 0 Å². The molecule has 3 saturated heterocycles. The van der Waals surface area contributed by atoms with Gasteiger partial charge in [-0.2, -0.15) is 0 Å². The predicted molar refractivity (Wildman–Crippen MR) is 110 cm³/mol. The number of nitrogens with zero attached hydrogens (tertiary/aromatic N) is 3. The number of hydrogen-bond acceptors (Lipinski definition) is 6. The van der Waals surface area contributed by atoms with Crippen LogP contribution < -0.4 is 15.2 Å². The largest absolute Gasteiger partial charge is 0.598 e. The molecule has 4 rings (SSSR count). The summed E-state index contributed by atoms with van der Waals surface area (Å²) < 4.78 is 24.1. The van der Waals surface area contributed by atoms with Gasteiger partial charge in [-0.05, 0) is 49.3 Å². The molecular weight excluding hydrogens is 467 g/mol. The third kappa shape index (κ3) is 2.99. The summed E-state index contributed by atoms with van der Waals surface area (Å²) >= 11 is 0.975. The zero-order valence-corrected chi connectivity index (χ0v) is 18.3. The quantitative estimate of drug-likeness (QED) is 0.469. The second-order valence-electron chi connectivity index (χ2n) is 8.30. The highest BCUT2D eigenvalue weighted by molar-refractivity contribution is 14.1. The van der Waals surface area contributed by atoms with Gasteiger partial charge in [0.2, 0.25) is 5.95 Å². The highest BCUT2D eigenvalue weighted by Crippen LogP contribution is 2.47. The summed E-state index contributed by atoms with van der Waals surface area (Å²) in [6.45, 7) is 6.43. The highest BCUT2D eigenvalue weighted by atomic mass is 127. The zero-order valence-electron chi connectivity index (χ0n) is 15.3. The summed E-state index contributed by atoms with van der Waals surface area (Å²) in [5, 5.41) is 0. The van der Waals surface area contributed by atoms with Crippen LogP contribution >= 0.6 is 22.6 Å². The van der Waals surface area contributed by atoms with E-state index < -0.39 is 11.4 Å². The van der Waals surface area contributed by atoms with Crippen molar-refractivity contribution in [3.05, 3.63) is 20.1 Å². The molecule has 0 saturated carbocycles. The van der Waals surface area contributed by atoms with Crippen LogP contribution in [0.1, 0.15) is 33.1 Å². The number of halogens is 1. The summed E-state index contributed by atoms with van der Waals surface area (Å²) in [5.74, 6) is 0.724. The number of rotatable bonds is 1. The Morgan fingerprint density at radius 3 is 2.81 bits per heavy atom. The van der Waals surface area contributed by atoms with Crippen LogP contribution in [0.5, 0.6) is 0 Å². The number of fused-ring (bicyclic) bond motifs is 2. The molecule has 3 aliphatic rings. The van der Waals surface area contributed by atoms with Crippen LogP contribution in [0.4, 0.5) is 5.95 Å². The van der Waals surface area contributed by atoms with Gasteiger partial charge >= 0.3 is 0 Å². The second kappa shape index (κ2) is 6.61. The second-order valence-corrected chi connectivity index (χ2v) is 11.3. The number of anilines is 1. The van der Waals surface area contributed by atoms with E-state index in [4.69, 9.17) is 4.74 Å². The maximum Gasteiger partial charge on any atom is 0.268 e. The van der Waals surface area contributed by atoms with Crippen molar-refractivity contribution in [2.24, 2.45) is 12.5 Å². The van der Waals surface area contributed by atoms with E-state index in [0.717, 1.165) is 44.9 Å². The fraction of sp³-hybridized carbons (Fsp3) is 0.765. The lowest BCUT2D eigenvalue weighted by Gasteiger charge is -2.46. The standard InChI is InChI=1S/C17H25IN4O3S/c1-16(2)8-12-13(20-26(16)24)17(10-25-12)4-6-22(7-5-17)15-19-9-11(18)14(23)21(15)3/h9,12-13,20H,4-8,10H2,1-3H3/t12-,13+,26+/m0/s1. The van der Waals surface area contributed by atoms with E-state index >= 15 is 0 Å². The van der Waals surface area contributed by atoms with Gasteiger partial charge in [-0.1, -0.05) is 0 Å². The predicted octanol–water partition coefficient (Wildman–Crippen LogP) is 1.17. The molecule has 0 aromatic carbocycles. The number of nitrogens with one attached hydrogen (secondary N) is 1. The zero-order chi connectivity index (χ0) is 18.7. The molecule has 7 nitrogen and oxygen atoms in total. The van der Waals surface area contributed by atoms with Crippen LogP contribution in [0, 0.1) is 8.99 Å². The fourth-order valence-electron chi connectivity index (χ4n) is 4.47. The third-order valence-corrected chi connectivity index (χ3v) is 8.57. The molecule has 0 unspecified atom stereocenters. The van der Waals surface area contributed by atoms with Crippen molar-refractivity contribution in [3.63, 3.8) is 0 Å². The average Bonchev–Trinajstić information content (AvgIpc) is 2.91. The molecule has 0 aliphatic carbocycles. The minimum Gasteiger partial charge on any atom is -0.598 e. The molecule has 4 heterocycles. The van der Waals surface area contributed by atoms with Crippen molar-refractivity contribution in [2.75, 3.05) is 24.6 Å². The molecule has 26 heavy (non-hydrogen) atoms. The Labute approximate surface area is 170 Å². The topological polar surface area (TPSA) is 82.4 Å². The molecule has 0 amide bonds. The van der Waals surface area contributed by atoms with Crippen LogP contribution in [-0.4, -0.2) is 50.7 Å². The van der Waals surface area contributed by atoms with Crippen LogP contribution in [0.15, 0.2) is 11.0 Å². The maximum atomic E-state index is 12.6. The van der Waals surface area contributed by atoms with Crippen LogP contribution in [0.25, 0.3) is 0 Å². The van der Waals surface area contributed by atoms with Gasteiger partial charge < -0.3 is 14.2 Å². The van der Waals surface area contributed by atoms with E-state index in [9.17, 15) is 9.35 Å². The summed E-state index contributed by atoms with van der Waals surface area (Å²) in [6, 6.07) is 0.145.